The third kappa shape index (κ3) is 5.55. The lowest BCUT2D eigenvalue weighted by Crippen LogP contribution is -2.13. The first-order chi connectivity index (χ1) is 12.5. The molecule has 0 saturated carbocycles. The summed E-state index contributed by atoms with van der Waals surface area (Å²) >= 11 is 0. The van der Waals surface area contributed by atoms with Crippen LogP contribution in [0.15, 0.2) is 48.5 Å². The molecule has 0 aliphatic rings. The highest BCUT2D eigenvalue weighted by Gasteiger charge is 2.10. The smallest absolute Gasteiger partial charge is 0.337 e. The number of ether oxygens (including phenoxy) is 1. The van der Waals surface area contributed by atoms with Crippen LogP contribution in [0.5, 0.6) is 0 Å². The molecule has 0 atom stereocenters. The van der Waals surface area contributed by atoms with E-state index in [1.165, 1.54) is 12.7 Å². The summed E-state index contributed by atoms with van der Waals surface area (Å²) in [5.41, 5.74) is 2.81. The molecular weight excluding hydrogens is 330 g/mol. The number of carbonyl (C=O) groups excluding carboxylic acids is 3. The van der Waals surface area contributed by atoms with Crippen LogP contribution in [0.25, 0.3) is 0 Å². The van der Waals surface area contributed by atoms with Crippen LogP contribution < -0.4 is 5.32 Å². The summed E-state index contributed by atoms with van der Waals surface area (Å²) in [5, 5.41) is 2.72. The number of hydrogen-bond acceptors (Lipinski definition) is 4. The Labute approximate surface area is 153 Å². The van der Waals surface area contributed by atoms with Crippen LogP contribution in [0, 0.1) is 0 Å². The number of nitrogens with one attached hydrogen (secondary N) is 1. The Kier molecular flexibility index (Phi) is 7.09. The summed E-state index contributed by atoms with van der Waals surface area (Å²) in [5.74, 6) is -0.727. The van der Waals surface area contributed by atoms with Gasteiger partial charge in [0.1, 0.15) is 0 Å². The molecule has 0 aromatic heterocycles. The molecule has 2 aromatic rings. The highest BCUT2D eigenvalue weighted by Crippen LogP contribution is 2.13. The number of methoxy groups -OCH3 is 1. The van der Waals surface area contributed by atoms with Crippen LogP contribution in [0.4, 0.5) is 5.69 Å². The summed E-state index contributed by atoms with van der Waals surface area (Å²) in [7, 11) is 1.31. The molecule has 136 valence electrons. The predicted octanol–water partition coefficient (Wildman–Crippen LogP) is 4.03. The van der Waals surface area contributed by atoms with E-state index in [1.54, 1.807) is 24.3 Å². The van der Waals surface area contributed by atoms with Crippen LogP contribution in [-0.4, -0.2) is 24.8 Å². The number of rotatable bonds is 8. The van der Waals surface area contributed by atoms with E-state index in [2.05, 4.69) is 17.0 Å². The van der Waals surface area contributed by atoms with E-state index in [0.717, 1.165) is 12.8 Å². The Bertz CT molecular complexity index is 764. The van der Waals surface area contributed by atoms with Crippen molar-refractivity contribution in [3.63, 3.8) is 0 Å². The number of Topliss-reactive ketones (excluding diaryl/α,β-unsaturated/α-hetero) is 1. The number of amides is 1. The molecule has 0 heterocycles. The zero-order chi connectivity index (χ0) is 18.9. The molecule has 0 bridgehead atoms. The van der Waals surface area contributed by atoms with Crippen LogP contribution in [0.3, 0.4) is 0 Å². The van der Waals surface area contributed by atoms with Crippen LogP contribution in [0.1, 0.15) is 52.5 Å². The first-order valence-electron chi connectivity index (χ1n) is 8.64. The Morgan fingerprint density at radius 2 is 1.50 bits per heavy atom. The lowest BCUT2D eigenvalue weighted by molar-refractivity contribution is -0.116. The molecule has 2 aromatic carbocycles. The number of ketones is 1. The van der Waals surface area contributed by atoms with Crippen LogP contribution >= 0.6 is 0 Å². The molecule has 0 aliphatic carbocycles. The van der Waals surface area contributed by atoms with E-state index in [4.69, 9.17) is 0 Å². The normalized spacial score (nSPS) is 10.2. The topological polar surface area (TPSA) is 72.5 Å². The lowest BCUT2D eigenvalue weighted by atomic mass is 10.0. The maximum atomic E-state index is 12.2. The predicted molar refractivity (Wildman–Crippen MR) is 100 cm³/mol. The number of anilines is 1. The van der Waals surface area contributed by atoms with Crippen molar-refractivity contribution < 1.29 is 19.1 Å². The average molecular weight is 353 g/mol. The minimum Gasteiger partial charge on any atom is -0.465 e. The van der Waals surface area contributed by atoms with Gasteiger partial charge in [0.05, 0.1) is 12.7 Å². The average Bonchev–Trinajstić information content (AvgIpc) is 2.67. The van der Waals surface area contributed by atoms with E-state index < -0.39 is 5.97 Å². The molecule has 5 heteroatoms. The Morgan fingerprint density at radius 3 is 2.08 bits per heavy atom. The van der Waals surface area contributed by atoms with Crippen molar-refractivity contribution in [3.8, 4) is 0 Å². The molecular formula is C21H23NO4. The second-order valence-electron chi connectivity index (χ2n) is 5.99. The molecule has 0 fully saturated rings. The summed E-state index contributed by atoms with van der Waals surface area (Å²) in [6, 6.07) is 13.9. The number of esters is 1. The summed E-state index contributed by atoms with van der Waals surface area (Å²) in [6.45, 7) is 2.11. The fourth-order valence-corrected chi connectivity index (χ4v) is 2.55. The third-order valence-corrected chi connectivity index (χ3v) is 3.98. The minimum atomic E-state index is -0.432. The molecule has 0 spiro atoms. The third-order valence-electron chi connectivity index (χ3n) is 3.98. The van der Waals surface area contributed by atoms with Gasteiger partial charge >= 0.3 is 5.97 Å². The summed E-state index contributed by atoms with van der Waals surface area (Å²) in [4.78, 5) is 35.6. The van der Waals surface area contributed by atoms with E-state index in [1.807, 2.05) is 24.3 Å². The summed E-state index contributed by atoms with van der Waals surface area (Å²) < 4.78 is 4.62. The van der Waals surface area contributed by atoms with E-state index in [0.29, 0.717) is 16.8 Å². The SMILES string of the molecule is CCCc1ccc(C(=O)CCC(=O)Nc2ccc(C(=O)OC)cc2)cc1. The van der Waals surface area contributed by atoms with Crippen molar-refractivity contribution >= 4 is 23.3 Å². The monoisotopic (exact) mass is 353 g/mol. The van der Waals surface area contributed by atoms with Gasteiger partial charge in [-0.3, -0.25) is 9.59 Å². The minimum absolute atomic E-state index is 0.0516. The van der Waals surface area contributed by atoms with Crippen LogP contribution in [0.2, 0.25) is 0 Å². The number of carbonyl (C=O) groups is 3. The van der Waals surface area contributed by atoms with Gasteiger partial charge in [0.15, 0.2) is 5.78 Å². The van der Waals surface area contributed by atoms with Crippen molar-refractivity contribution in [2.45, 2.75) is 32.6 Å². The van der Waals surface area contributed by atoms with Crippen molar-refractivity contribution in [1.29, 1.82) is 0 Å². The van der Waals surface area contributed by atoms with Gasteiger partial charge in [-0.25, -0.2) is 4.79 Å². The fourth-order valence-electron chi connectivity index (χ4n) is 2.55. The molecule has 0 aliphatic heterocycles. The largest absolute Gasteiger partial charge is 0.465 e. The molecule has 0 radical (unpaired) electrons. The highest BCUT2D eigenvalue weighted by molar-refractivity contribution is 6.00. The second-order valence-corrected chi connectivity index (χ2v) is 5.99. The Morgan fingerprint density at radius 1 is 0.885 bits per heavy atom. The number of hydrogen-bond donors (Lipinski definition) is 1. The fraction of sp³-hybridized carbons (Fsp3) is 0.286. The first-order valence-corrected chi connectivity index (χ1v) is 8.64. The first kappa shape index (κ1) is 19.4. The Balaban J connectivity index is 1.84. The molecule has 1 N–H and O–H groups in total. The van der Waals surface area contributed by atoms with E-state index in [-0.39, 0.29) is 24.5 Å². The van der Waals surface area contributed by atoms with E-state index >= 15 is 0 Å². The van der Waals surface area contributed by atoms with E-state index in [9.17, 15) is 14.4 Å². The quantitative estimate of drug-likeness (QED) is 0.574. The summed E-state index contributed by atoms with van der Waals surface area (Å²) in [6.07, 6.45) is 2.31. The molecule has 1 amide bonds. The highest BCUT2D eigenvalue weighted by atomic mass is 16.5. The lowest BCUT2D eigenvalue weighted by Gasteiger charge is -2.06. The molecule has 26 heavy (non-hydrogen) atoms. The zero-order valence-corrected chi connectivity index (χ0v) is 15.1. The maximum absolute atomic E-state index is 12.2. The van der Waals surface area contributed by atoms with Crippen molar-refractivity contribution in [3.05, 3.63) is 65.2 Å². The molecule has 0 unspecified atom stereocenters. The Hall–Kier alpha value is -2.95. The number of aryl methyl sites for hydroxylation is 1. The zero-order valence-electron chi connectivity index (χ0n) is 15.1. The van der Waals surface area contributed by atoms with Gasteiger partial charge in [-0.2, -0.15) is 0 Å². The van der Waals surface area contributed by atoms with Gasteiger partial charge in [-0.1, -0.05) is 37.6 Å². The van der Waals surface area contributed by atoms with Crippen molar-refractivity contribution in [2.24, 2.45) is 0 Å². The van der Waals surface area contributed by atoms with Crippen molar-refractivity contribution in [1.82, 2.24) is 0 Å². The van der Waals surface area contributed by atoms with Gasteiger partial charge in [-0.05, 0) is 36.2 Å². The van der Waals surface area contributed by atoms with Gasteiger partial charge in [-0.15, -0.1) is 0 Å². The van der Waals surface area contributed by atoms with Gasteiger partial charge in [0.2, 0.25) is 5.91 Å². The second kappa shape index (κ2) is 9.51. The number of benzene rings is 2. The standard InChI is InChI=1S/C21H23NO4/c1-3-4-15-5-7-16(8-6-15)19(23)13-14-20(24)22-18-11-9-17(10-12-18)21(25)26-2/h5-12H,3-4,13-14H2,1-2H3,(H,22,24). The molecule has 2 rings (SSSR count). The maximum Gasteiger partial charge on any atom is 0.337 e. The van der Waals surface area contributed by atoms with Gasteiger partial charge in [0.25, 0.3) is 0 Å². The molecule has 0 saturated heterocycles. The van der Waals surface area contributed by atoms with Gasteiger partial charge in [0, 0.05) is 24.1 Å². The van der Waals surface area contributed by atoms with Crippen molar-refractivity contribution in [2.75, 3.05) is 12.4 Å². The van der Waals surface area contributed by atoms with Gasteiger partial charge < -0.3 is 10.1 Å². The molecule has 5 nitrogen and oxygen atoms in total. The van der Waals surface area contributed by atoms with Crippen LogP contribution in [-0.2, 0) is 16.0 Å².